The fraction of sp³-hybridized carbons (Fsp3) is 0.500. The lowest BCUT2D eigenvalue weighted by Gasteiger charge is -2.05. The molecule has 3 nitrogen and oxygen atoms in total. The number of rotatable bonds is 6. The molecule has 1 aromatic carbocycles. The van der Waals surface area contributed by atoms with Gasteiger partial charge in [0.1, 0.15) is 0 Å². The Labute approximate surface area is 127 Å². The summed E-state index contributed by atoms with van der Waals surface area (Å²) in [6.07, 6.45) is 4.01. The van der Waals surface area contributed by atoms with E-state index in [-0.39, 0.29) is 0 Å². The molecular formula is C18H26N2O. The first-order valence-corrected chi connectivity index (χ1v) is 7.89. The third-order valence-electron chi connectivity index (χ3n) is 3.67. The van der Waals surface area contributed by atoms with Crippen molar-refractivity contribution in [2.75, 3.05) is 0 Å². The third-order valence-corrected chi connectivity index (χ3v) is 3.67. The summed E-state index contributed by atoms with van der Waals surface area (Å²) in [5, 5.41) is 15.3. The van der Waals surface area contributed by atoms with Gasteiger partial charge in [0.15, 0.2) is 0 Å². The average molecular weight is 286 g/mol. The first-order valence-electron chi connectivity index (χ1n) is 7.89. The van der Waals surface area contributed by atoms with Gasteiger partial charge in [0.25, 0.3) is 0 Å². The molecule has 0 spiro atoms. The van der Waals surface area contributed by atoms with E-state index in [1.807, 2.05) is 12.1 Å². The van der Waals surface area contributed by atoms with Crippen molar-refractivity contribution in [3.8, 4) is 11.6 Å². The molecule has 2 aromatic rings. The van der Waals surface area contributed by atoms with Crippen LogP contribution < -0.4 is 0 Å². The fourth-order valence-corrected chi connectivity index (χ4v) is 2.59. The van der Waals surface area contributed by atoms with Crippen LogP contribution in [0.1, 0.15) is 50.4 Å². The smallest absolute Gasteiger partial charge is 0.217 e. The lowest BCUT2D eigenvalue weighted by Crippen LogP contribution is -2.00. The van der Waals surface area contributed by atoms with Crippen molar-refractivity contribution in [1.29, 1.82) is 0 Å². The molecule has 1 N–H and O–H groups in total. The van der Waals surface area contributed by atoms with E-state index in [9.17, 15) is 5.11 Å². The minimum absolute atomic E-state index is 0.310. The molecular weight excluding hydrogens is 260 g/mol. The second-order valence-electron chi connectivity index (χ2n) is 6.20. The van der Waals surface area contributed by atoms with Gasteiger partial charge in [0.2, 0.25) is 5.88 Å². The van der Waals surface area contributed by atoms with Crippen molar-refractivity contribution in [3.05, 3.63) is 41.1 Å². The van der Waals surface area contributed by atoms with Gasteiger partial charge in [-0.15, -0.1) is 0 Å². The summed E-state index contributed by atoms with van der Waals surface area (Å²) in [7, 11) is 0. The molecule has 0 atom stereocenters. The SMILES string of the molecule is CCCCc1c(CC(C)C)nn(-c2cccc(C)c2)c1O. The Kier molecular flexibility index (Phi) is 5.05. The number of aromatic hydroxyl groups is 1. The predicted octanol–water partition coefficient (Wildman–Crippen LogP) is 4.43. The number of hydrogen-bond donors (Lipinski definition) is 1. The molecule has 1 heterocycles. The monoisotopic (exact) mass is 286 g/mol. The number of benzene rings is 1. The molecule has 0 unspecified atom stereocenters. The third kappa shape index (κ3) is 3.66. The number of unbranched alkanes of at least 4 members (excludes halogenated alkanes) is 1. The second kappa shape index (κ2) is 6.79. The summed E-state index contributed by atoms with van der Waals surface area (Å²) in [6.45, 7) is 8.60. The summed E-state index contributed by atoms with van der Waals surface area (Å²) in [6, 6.07) is 8.09. The van der Waals surface area contributed by atoms with Crippen molar-refractivity contribution in [2.45, 2.75) is 53.4 Å². The van der Waals surface area contributed by atoms with Crippen LogP contribution in [0.4, 0.5) is 0 Å². The maximum absolute atomic E-state index is 10.6. The molecule has 1 aromatic heterocycles. The summed E-state index contributed by atoms with van der Waals surface area (Å²) >= 11 is 0. The van der Waals surface area contributed by atoms with E-state index in [0.717, 1.165) is 42.6 Å². The van der Waals surface area contributed by atoms with Crippen LogP contribution in [0, 0.1) is 12.8 Å². The maximum atomic E-state index is 10.6. The van der Waals surface area contributed by atoms with E-state index >= 15 is 0 Å². The molecule has 0 radical (unpaired) electrons. The Morgan fingerprint density at radius 1 is 1.29 bits per heavy atom. The zero-order valence-electron chi connectivity index (χ0n) is 13.6. The zero-order chi connectivity index (χ0) is 15.4. The Balaban J connectivity index is 2.44. The minimum Gasteiger partial charge on any atom is -0.493 e. The van der Waals surface area contributed by atoms with Gasteiger partial charge in [-0.3, -0.25) is 0 Å². The van der Waals surface area contributed by atoms with E-state index in [4.69, 9.17) is 0 Å². The van der Waals surface area contributed by atoms with Crippen LogP contribution in [0.5, 0.6) is 5.88 Å². The van der Waals surface area contributed by atoms with Crippen LogP contribution in [0.3, 0.4) is 0 Å². The Hall–Kier alpha value is -1.77. The highest BCUT2D eigenvalue weighted by Gasteiger charge is 2.18. The van der Waals surface area contributed by atoms with Crippen LogP contribution in [-0.2, 0) is 12.8 Å². The highest BCUT2D eigenvalue weighted by atomic mass is 16.3. The molecule has 0 bridgehead atoms. The molecule has 2 rings (SSSR count). The van der Waals surface area contributed by atoms with Crippen LogP contribution in [-0.4, -0.2) is 14.9 Å². The van der Waals surface area contributed by atoms with Gasteiger partial charge in [0, 0.05) is 5.56 Å². The topological polar surface area (TPSA) is 38.0 Å². The number of hydrogen-bond acceptors (Lipinski definition) is 2. The summed E-state index contributed by atoms with van der Waals surface area (Å²) in [5.41, 5.74) is 4.16. The lowest BCUT2D eigenvalue weighted by molar-refractivity contribution is 0.427. The molecule has 0 aliphatic rings. The van der Waals surface area contributed by atoms with E-state index in [0.29, 0.717) is 11.8 Å². The summed E-state index contributed by atoms with van der Waals surface area (Å²) in [4.78, 5) is 0. The lowest BCUT2D eigenvalue weighted by atomic mass is 10.0. The molecule has 0 amide bonds. The van der Waals surface area contributed by atoms with E-state index in [1.54, 1.807) is 4.68 Å². The van der Waals surface area contributed by atoms with Crippen molar-refractivity contribution in [3.63, 3.8) is 0 Å². The van der Waals surface area contributed by atoms with Gasteiger partial charge in [0.05, 0.1) is 11.4 Å². The minimum atomic E-state index is 0.310. The number of aryl methyl sites for hydroxylation is 1. The quantitative estimate of drug-likeness (QED) is 0.853. The van der Waals surface area contributed by atoms with Gasteiger partial charge in [-0.1, -0.05) is 39.3 Å². The second-order valence-corrected chi connectivity index (χ2v) is 6.20. The van der Waals surface area contributed by atoms with Gasteiger partial charge in [-0.05, 0) is 49.8 Å². The molecule has 21 heavy (non-hydrogen) atoms. The van der Waals surface area contributed by atoms with E-state index in [1.165, 1.54) is 5.56 Å². The van der Waals surface area contributed by atoms with Gasteiger partial charge >= 0.3 is 0 Å². The summed E-state index contributed by atoms with van der Waals surface area (Å²) in [5.74, 6) is 0.843. The van der Waals surface area contributed by atoms with Crippen molar-refractivity contribution in [1.82, 2.24) is 9.78 Å². The maximum Gasteiger partial charge on any atom is 0.217 e. The number of nitrogens with zero attached hydrogens (tertiary/aromatic N) is 2. The van der Waals surface area contributed by atoms with Crippen molar-refractivity contribution >= 4 is 0 Å². The highest BCUT2D eigenvalue weighted by Crippen LogP contribution is 2.28. The standard InChI is InChI=1S/C18H26N2O/c1-5-6-10-16-17(11-13(2)3)19-20(18(16)21)15-9-7-8-14(4)12-15/h7-9,12-13,21H,5-6,10-11H2,1-4H3. The average Bonchev–Trinajstić information content (AvgIpc) is 2.72. The summed E-state index contributed by atoms with van der Waals surface area (Å²) < 4.78 is 1.69. The van der Waals surface area contributed by atoms with Crippen LogP contribution in [0.2, 0.25) is 0 Å². The molecule has 0 saturated heterocycles. The van der Waals surface area contributed by atoms with Gasteiger partial charge < -0.3 is 5.11 Å². The zero-order valence-corrected chi connectivity index (χ0v) is 13.6. The predicted molar refractivity (Wildman–Crippen MR) is 87.1 cm³/mol. The van der Waals surface area contributed by atoms with Crippen LogP contribution in [0.25, 0.3) is 5.69 Å². The molecule has 114 valence electrons. The van der Waals surface area contributed by atoms with E-state index < -0.39 is 0 Å². The largest absolute Gasteiger partial charge is 0.493 e. The van der Waals surface area contributed by atoms with Crippen LogP contribution >= 0.6 is 0 Å². The fourth-order valence-electron chi connectivity index (χ4n) is 2.59. The van der Waals surface area contributed by atoms with Crippen LogP contribution in [0.15, 0.2) is 24.3 Å². The molecule has 0 fully saturated rings. The number of aromatic nitrogens is 2. The Morgan fingerprint density at radius 3 is 2.67 bits per heavy atom. The Bertz CT molecular complexity index is 599. The molecule has 0 saturated carbocycles. The van der Waals surface area contributed by atoms with Crippen molar-refractivity contribution < 1.29 is 5.11 Å². The molecule has 3 heteroatoms. The molecule has 0 aliphatic carbocycles. The highest BCUT2D eigenvalue weighted by molar-refractivity contribution is 5.42. The van der Waals surface area contributed by atoms with Crippen molar-refractivity contribution in [2.24, 2.45) is 5.92 Å². The first-order chi connectivity index (χ1) is 10.0. The van der Waals surface area contributed by atoms with Gasteiger partial charge in [-0.25, -0.2) is 4.68 Å². The molecule has 0 aliphatic heterocycles. The van der Waals surface area contributed by atoms with Gasteiger partial charge in [-0.2, -0.15) is 5.10 Å². The normalized spacial score (nSPS) is 11.3. The Morgan fingerprint density at radius 2 is 2.05 bits per heavy atom. The first kappa shape index (κ1) is 15.6. The van der Waals surface area contributed by atoms with E-state index in [2.05, 4.69) is 44.9 Å².